The first-order valence-corrected chi connectivity index (χ1v) is 10.1. The summed E-state index contributed by atoms with van der Waals surface area (Å²) in [6.45, 7) is 4.06. The van der Waals surface area contributed by atoms with Gasteiger partial charge in [0.05, 0.1) is 0 Å². The van der Waals surface area contributed by atoms with Gasteiger partial charge < -0.3 is 15.5 Å². The third-order valence-corrected chi connectivity index (χ3v) is 5.31. The summed E-state index contributed by atoms with van der Waals surface area (Å²) in [5.41, 5.74) is 3.87. The molecule has 28 heavy (non-hydrogen) atoms. The predicted octanol–water partition coefficient (Wildman–Crippen LogP) is 3.08. The number of likely N-dealkylation sites (tertiary alicyclic amines) is 1. The van der Waals surface area contributed by atoms with E-state index in [1.54, 1.807) is 0 Å². The second-order valence-corrected chi connectivity index (χ2v) is 7.67. The molecule has 1 saturated heterocycles. The lowest BCUT2D eigenvalue weighted by atomic mass is 10.0. The molecular formula is C23H33N5. The van der Waals surface area contributed by atoms with Crippen LogP contribution in [0.4, 0.5) is 5.69 Å². The van der Waals surface area contributed by atoms with Gasteiger partial charge >= 0.3 is 0 Å². The van der Waals surface area contributed by atoms with E-state index in [9.17, 15) is 0 Å². The molecular weight excluding hydrogens is 346 g/mol. The summed E-state index contributed by atoms with van der Waals surface area (Å²) in [6, 6.07) is 19.8. The van der Waals surface area contributed by atoms with Crippen LogP contribution in [0.3, 0.4) is 0 Å². The van der Waals surface area contributed by atoms with Crippen LogP contribution in [-0.4, -0.2) is 51.1 Å². The quantitative estimate of drug-likeness (QED) is 0.598. The van der Waals surface area contributed by atoms with Crippen LogP contribution in [0.5, 0.6) is 0 Å². The van der Waals surface area contributed by atoms with Crippen molar-refractivity contribution in [2.75, 3.05) is 39.1 Å². The molecule has 1 heterocycles. The van der Waals surface area contributed by atoms with E-state index in [1.807, 2.05) is 7.05 Å². The zero-order valence-corrected chi connectivity index (χ0v) is 17.4. The van der Waals surface area contributed by atoms with Gasteiger partial charge in [0, 0.05) is 59.1 Å². The number of benzene rings is 2. The Labute approximate surface area is 169 Å². The summed E-state index contributed by atoms with van der Waals surface area (Å²) in [7, 11) is 5.96. The monoisotopic (exact) mass is 379 g/mol. The molecule has 0 amide bonds. The molecule has 2 aromatic rings. The lowest BCUT2D eigenvalue weighted by Crippen LogP contribution is -2.48. The largest absolute Gasteiger partial charge is 0.378 e. The van der Waals surface area contributed by atoms with E-state index in [0.717, 1.165) is 45.0 Å². The molecule has 3 rings (SSSR count). The van der Waals surface area contributed by atoms with E-state index in [4.69, 9.17) is 0 Å². The summed E-state index contributed by atoms with van der Waals surface area (Å²) in [5, 5.41) is 7.04. The second kappa shape index (κ2) is 10.1. The molecule has 0 unspecified atom stereocenters. The van der Waals surface area contributed by atoms with Gasteiger partial charge in [0.1, 0.15) is 0 Å². The Balaban J connectivity index is 1.41. The van der Waals surface area contributed by atoms with E-state index < -0.39 is 0 Å². The lowest BCUT2D eigenvalue weighted by molar-refractivity contribution is 0.198. The Kier molecular flexibility index (Phi) is 7.31. The van der Waals surface area contributed by atoms with Crippen molar-refractivity contribution in [3.05, 3.63) is 65.7 Å². The molecule has 150 valence electrons. The molecule has 0 bridgehead atoms. The summed E-state index contributed by atoms with van der Waals surface area (Å²) in [5.74, 6) is 0.887. The number of guanidine groups is 1. The fraction of sp³-hybridized carbons (Fsp3) is 0.435. The number of hydrogen-bond acceptors (Lipinski definition) is 3. The minimum absolute atomic E-state index is 0.481. The topological polar surface area (TPSA) is 42.9 Å². The predicted molar refractivity (Wildman–Crippen MR) is 119 cm³/mol. The van der Waals surface area contributed by atoms with Gasteiger partial charge in [-0.1, -0.05) is 42.5 Å². The van der Waals surface area contributed by atoms with Crippen LogP contribution in [-0.2, 0) is 13.1 Å². The van der Waals surface area contributed by atoms with Crippen molar-refractivity contribution in [1.29, 1.82) is 0 Å². The molecule has 1 fully saturated rings. The van der Waals surface area contributed by atoms with Gasteiger partial charge in [-0.3, -0.25) is 9.89 Å². The van der Waals surface area contributed by atoms with Gasteiger partial charge in [-0.05, 0) is 36.1 Å². The molecule has 0 saturated carbocycles. The molecule has 2 N–H and O–H groups in total. The SMILES string of the molecule is CN=C(NCc1ccc(N(C)C)cc1)NC1CCN(Cc2ccccc2)CC1. The Hall–Kier alpha value is -2.53. The molecule has 0 aromatic heterocycles. The Morgan fingerprint density at radius 3 is 2.29 bits per heavy atom. The zero-order valence-electron chi connectivity index (χ0n) is 17.4. The summed E-state index contributed by atoms with van der Waals surface area (Å²) in [4.78, 5) is 9.05. The number of piperidine rings is 1. The average molecular weight is 380 g/mol. The smallest absolute Gasteiger partial charge is 0.191 e. The number of aliphatic imine (C=N–C) groups is 1. The standard InChI is InChI=1S/C23H33N5/c1-24-23(25-17-19-9-11-22(12-10-19)27(2)3)26-21-13-15-28(16-14-21)18-20-7-5-4-6-8-20/h4-12,21H,13-18H2,1-3H3,(H2,24,25,26). The van der Waals surface area contributed by atoms with Gasteiger partial charge in [-0.15, -0.1) is 0 Å². The van der Waals surface area contributed by atoms with Crippen LogP contribution >= 0.6 is 0 Å². The maximum Gasteiger partial charge on any atom is 0.191 e. The maximum absolute atomic E-state index is 4.40. The van der Waals surface area contributed by atoms with Crippen molar-refractivity contribution < 1.29 is 0 Å². The Morgan fingerprint density at radius 1 is 1.00 bits per heavy atom. The zero-order chi connectivity index (χ0) is 19.8. The van der Waals surface area contributed by atoms with Crippen molar-refractivity contribution in [2.45, 2.75) is 32.0 Å². The lowest BCUT2D eigenvalue weighted by Gasteiger charge is -2.33. The number of nitrogens with one attached hydrogen (secondary N) is 2. The molecule has 0 radical (unpaired) electrons. The summed E-state index contributed by atoms with van der Waals surface area (Å²) >= 11 is 0. The van der Waals surface area contributed by atoms with Crippen LogP contribution in [0.15, 0.2) is 59.6 Å². The summed E-state index contributed by atoms with van der Waals surface area (Å²) < 4.78 is 0. The second-order valence-electron chi connectivity index (χ2n) is 7.67. The van der Waals surface area contributed by atoms with Gasteiger partial charge in [0.25, 0.3) is 0 Å². The normalized spacial score (nSPS) is 16.0. The highest BCUT2D eigenvalue weighted by atomic mass is 15.2. The van der Waals surface area contributed by atoms with E-state index >= 15 is 0 Å². The highest BCUT2D eigenvalue weighted by Gasteiger charge is 2.20. The highest BCUT2D eigenvalue weighted by Crippen LogP contribution is 2.14. The first kappa shape index (κ1) is 20.2. The van der Waals surface area contributed by atoms with Crippen LogP contribution in [0.25, 0.3) is 0 Å². The maximum atomic E-state index is 4.40. The van der Waals surface area contributed by atoms with Crippen LogP contribution in [0.1, 0.15) is 24.0 Å². The van der Waals surface area contributed by atoms with Crippen molar-refractivity contribution in [1.82, 2.24) is 15.5 Å². The Morgan fingerprint density at radius 2 is 1.68 bits per heavy atom. The van der Waals surface area contributed by atoms with Crippen molar-refractivity contribution in [3.63, 3.8) is 0 Å². The minimum Gasteiger partial charge on any atom is -0.378 e. The number of anilines is 1. The fourth-order valence-electron chi connectivity index (χ4n) is 3.56. The molecule has 1 aliphatic heterocycles. The van der Waals surface area contributed by atoms with Gasteiger partial charge in [-0.2, -0.15) is 0 Å². The fourth-order valence-corrected chi connectivity index (χ4v) is 3.56. The number of nitrogens with zero attached hydrogens (tertiary/aromatic N) is 3. The van der Waals surface area contributed by atoms with E-state index in [0.29, 0.717) is 6.04 Å². The number of hydrogen-bond donors (Lipinski definition) is 2. The van der Waals surface area contributed by atoms with Crippen LogP contribution in [0.2, 0.25) is 0 Å². The van der Waals surface area contributed by atoms with Crippen molar-refractivity contribution in [3.8, 4) is 0 Å². The molecule has 5 heteroatoms. The van der Waals surface area contributed by atoms with Crippen LogP contribution < -0.4 is 15.5 Å². The molecule has 0 atom stereocenters. The van der Waals surface area contributed by atoms with Gasteiger partial charge in [-0.25, -0.2) is 0 Å². The van der Waals surface area contributed by atoms with Gasteiger partial charge in [0.15, 0.2) is 5.96 Å². The van der Waals surface area contributed by atoms with Crippen molar-refractivity contribution >= 4 is 11.6 Å². The third kappa shape index (κ3) is 5.99. The number of rotatable bonds is 6. The van der Waals surface area contributed by atoms with E-state index in [-0.39, 0.29) is 0 Å². The van der Waals surface area contributed by atoms with E-state index in [1.165, 1.54) is 16.8 Å². The first-order valence-electron chi connectivity index (χ1n) is 10.1. The van der Waals surface area contributed by atoms with E-state index in [2.05, 4.69) is 94.1 Å². The Bertz CT molecular complexity index is 731. The van der Waals surface area contributed by atoms with Crippen LogP contribution in [0, 0.1) is 0 Å². The molecule has 1 aliphatic rings. The molecule has 2 aromatic carbocycles. The summed E-state index contributed by atoms with van der Waals surface area (Å²) in [6.07, 6.45) is 2.29. The van der Waals surface area contributed by atoms with Crippen molar-refractivity contribution in [2.24, 2.45) is 4.99 Å². The molecule has 0 spiro atoms. The first-order chi connectivity index (χ1) is 13.6. The van der Waals surface area contributed by atoms with Gasteiger partial charge in [0.2, 0.25) is 0 Å². The molecule has 0 aliphatic carbocycles. The third-order valence-electron chi connectivity index (χ3n) is 5.31. The minimum atomic E-state index is 0.481. The highest BCUT2D eigenvalue weighted by molar-refractivity contribution is 5.80. The average Bonchev–Trinajstić information content (AvgIpc) is 2.73. The molecule has 5 nitrogen and oxygen atoms in total.